The maximum absolute atomic E-state index is 13.2. The van der Waals surface area contributed by atoms with E-state index in [9.17, 15) is 34.8 Å². The van der Waals surface area contributed by atoms with Crippen molar-refractivity contribution in [3.05, 3.63) is 130 Å². The van der Waals surface area contributed by atoms with E-state index >= 15 is 0 Å². The van der Waals surface area contributed by atoms with Crippen LogP contribution in [-0.4, -0.2) is 129 Å². The molecule has 7 unspecified atom stereocenters. The molecule has 0 saturated carbocycles. The molecule has 2 aromatic carbocycles. The molecule has 2 fully saturated rings. The number of likely N-dealkylation sites (N-methyl/N-ethyl adjacent to an activating group) is 1. The summed E-state index contributed by atoms with van der Waals surface area (Å²) in [4.78, 5) is 42.4. The van der Waals surface area contributed by atoms with Crippen LogP contribution < -0.4 is 9.47 Å². The number of nitrogens with zero attached hydrogens (tertiary/aromatic N) is 1. The number of benzene rings is 2. The minimum absolute atomic E-state index is 0.00519. The number of fused-ring (bicyclic) bond motifs is 5. The Kier molecular flexibility index (Phi) is 16.7. The predicted molar refractivity (Wildman–Crippen MR) is 267 cm³/mol. The second-order valence-electron chi connectivity index (χ2n) is 19.8. The van der Waals surface area contributed by atoms with Gasteiger partial charge in [0.05, 0.1) is 26.7 Å². The first-order chi connectivity index (χ1) is 34.6. The van der Waals surface area contributed by atoms with Crippen molar-refractivity contribution < 1.29 is 78.6 Å². The predicted octanol–water partition coefficient (Wildman–Crippen LogP) is 6.85. The normalized spacial score (nSPS) is 32.1. The summed E-state index contributed by atoms with van der Waals surface area (Å²) >= 11 is 0. The largest absolute Gasteiger partial charge is 0.504 e. The number of carboxylic acids is 1. The van der Waals surface area contributed by atoms with Crippen LogP contribution in [0.2, 0.25) is 0 Å². The number of H-pyrrole nitrogens is 1. The molecular formula is C55H68N2O16. The van der Waals surface area contributed by atoms with Gasteiger partial charge in [-0.05, 0) is 108 Å². The Balaban J connectivity index is 0.000000157. The van der Waals surface area contributed by atoms with Crippen molar-refractivity contribution in [1.29, 1.82) is 0 Å². The van der Waals surface area contributed by atoms with Crippen molar-refractivity contribution >= 4 is 28.6 Å². The van der Waals surface area contributed by atoms with Crippen LogP contribution in [0.3, 0.4) is 0 Å². The first-order valence-electron chi connectivity index (χ1n) is 24.5. The number of Topliss-reactive ketones (excluding diaryl/α,β-unsaturated/α-hetero) is 1. The highest BCUT2D eigenvalue weighted by Gasteiger charge is 2.51. The molecule has 0 spiro atoms. The van der Waals surface area contributed by atoms with Crippen LogP contribution >= 0.6 is 0 Å². The number of rotatable bonds is 6. The molecule has 1 amide bonds. The summed E-state index contributed by atoms with van der Waals surface area (Å²) in [7, 11) is 4.75. The Hall–Kier alpha value is -6.73. The van der Waals surface area contributed by atoms with E-state index in [2.05, 4.69) is 24.9 Å². The number of piperidine rings is 1. The van der Waals surface area contributed by atoms with E-state index < -0.39 is 36.7 Å². The summed E-state index contributed by atoms with van der Waals surface area (Å²) in [5, 5.41) is 66.9. The van der Waals surface area contributed by atoms with Crippen molar-refractivity contribution in [2.24, 2.45) is 47.3 Å². The van der Waals surface area contributed by atoms with Crippen molar-refractivity contribution in [1.82, 2.24) is 9.88 Å². The minimum atomic E-state index is -1.75. The number of carboxylic acid groups (broad SMARTS) is 1. The maximum atomic E-state index is 13.2. The number of ketones is 1. The van der Waals surface area contributed by atoms with Gasteiger partial charge in [-0.3, -0.25) is 9.59 Å². The van der Waals surface area contributed by atoms with Crippen LogP contribution in [0.25, 0.3) is 10.9 Å². The number of carbonyl (C=O) groups excluding carboxylic acids is 2. The average Bonchev–Trinajstić information content (AvgIpc) is 3.99. The molecule has 1 aromatic heterocycles. The number of aromatic nitrogens is 1. The first-order valence-corrected chi connectivity index (χ1v) is 24.5. The second-order valence-corrected chi connectivity index (χ2v) is 19.8. The number of para-hydroxylation sites is 1. The van der Waals surface area contributed by atoms with Gasteiger partial charge in [-0.1, -0.05) is 65.8 Å². The van der Waals surface area contributed by atoms with Crippen LogP contribution in [0.5, 0.6) is 11.5 Å². The number of carbonyl (C=O) groups is 3. The molecule has 2 saturated heterocycles. The van der Waals surface area contributed by atoms with E-state index in [1.165, 1.54) is 7.11 Å². The lowest BCUT2D eigenvalue weighted by atomic mass is 9.65. The zero-order chi connectivity index (χ0) is 53.2. The summed E-state index contributed by atoms with van der Waals surface area (Å²) in [6.07, 6.45) is 3.10. The van der Waals surface area contributed by atoms with Crippen LogP contribution in [0.15, 0.2) is 113 Å². The number of allylic oxidation sites excluding steroid dienone is 6. The molecule has 3 aliphatic heterocycles. The number of amides is 1. The first kappa shape index (κ1) is 54.1. The zero-order valence-corrected chi connectivity index (χ0v) is 42.5. The van der Waals surface area contributed by atoms with Gasteiger partial charge in [0.1, 0.15) is 18.3 Å². The van der Waals surface area contributed by atoms with Gasteiger partial charge in [0.25, 0.3) is 0 Å². The molecule has 4 aliphatic carbocycles. The van der Waals surface area contributed by atoms with Gasteiger partial charge in [0.15, 0.2) is 57.9 Å². The van der Waals surface area contributed by atoms with Gasteiger partial charge in [0.2, 0.25) is 19.0 Å². The second kappa shape index (κ2) is 22.6. The maximum Gasteiger partial charge on any atom is 0.335 e. The quantitative estimate of drug-likeness (QED) is 0.125. The molecule has 73 heavy (non-hydrogen) atoms. The van der Waals surface area contributed by atoms with Crippen LogP contribution in [-0.2, 0) is 39.8 Å². The number of aliphatic carboxylic acids is 1. The highest BCUT2D eigenvalue weighted by atomic mass is 16.7. The van der Waals surface area contributed by atoms with E-state index in [1.54, 1.807) is 37.3 Å². The van der Waals surface area contributed by atoms with Crippen molar-refractivity contribution in [3.8, 4) is 11.5 Å². The highest BCUT2D eigenvalue weighted by molar-refractivity contribution is 5.99. The summed E-state index contributed by atoms with van der Waals surface area (Å²) in [6, 6.07) is 14.0. The highest BCUT2D eigenvalue weighted by Crippen LogP contribution is 2.49. The van der Waals surface area contributed by atoms with Gasteiger partial charge in [-0.2, -0.15) is 0 Å². The monoisotopic (exact) mass is 1010 g/mol. The van der Waals surface area contributed by atoms with Gasteiger partial charge < -0.3 is 74.1 Å². The van der Waals surface area contributed by atoms with E-state index in [0.717, 1.165) is 27.7 Å². The van der Waals surface area contributed by atoms with Crippen molar-refractivity contribution in [2.75, 3.05) is 34.6 Å². The minimum Gasteiger partial charge on any atom is -0.504 e. The third-order valence-electron chi connectivity index (χ3n) is 14.8. The number of aromatic amines is 1. The molecule has 18 nitrogen and oxygen atoms in total. The van der Waals surface area contributed by atoms with E-state index in [-0.39, 0.29) is 77.7 Å². The smallest absolute Gasteiger partial charge is 0.335 e. The standard InChI is InChI=1S/C23H20N2O4.C15H22O8.C9H14O2.C8H12O2/c1-25-10-17(26)21-15(23(25)27)9-14-13-4-2-3-5-16(13)24-22(14)20(21)12-6-7-18-19(8-12)29-11-28-18;1-6-4-8(21-3)9(5-7(6)2)22-15-12(18)10(16)11(17)13(23-15)14(19)20;1-6-4-8(10)9(11-3)5-7(6)2;1-5-3-7(9)8(10)4-6(5)2/h2-8,15,20-21,24H,9-11H2,1H3;4-7,10-13,15-18H,1-3H3,(H,19,20);4-7,10H,1-3H3;3-6,9-10H,1-2H3/t15-,20-,21?;6?,7?,10-,11-,12+,13-,15+;;/m00../s1. The number of hydrogen-bond donors (Lipinski definition) is 8. The van der Waals surface area contributed by atoms with Crippen LogP contribution in [0.1, 0.15) is 64.3 Å². The number of hydrogen-bond acceptors (Lipinski definition) is 15. The van der Waals surface area contributed by atoms with Gasteiger partial charge in [-0.15, -0.1) is 0 Å². The lowest BCUT2D eigenvalue weighted by Crippen LogP contribution is -2.60. The van der Waals surface area contributed by atoms with Gasteiger partial charge in [-0.25, -0.2) is 4.79 Å². The number of aliphatic hydroxyl groups excluding tert-OH is 6. The van der Waals surface area contributed by atoms with E-state index in [1.807, 2.05) is 82.3 Å². The number of likely N-dealkylation sites (tertiary alicyclic amines) is 1. The molecule has 7 aliphatic rings. The zero-order valence-electron chi connectivity index (χ0n) is 42.5. The third-order valence-corrected chi connectivity index (χ3v) is 14.8. The number of ether oxygens (including phenoxy) is 6. The molecule has 394 valence electrons. The SMILES string of the molecule is CC1C=C(O)C(O)=CC1C.CN1CC(=O)C2[C@H](c3ccc4c(c3)OCO4)c3[nH]c4ccccc4c3C[C@@H]2C1=O.COC1=CC(C)C(C)C=C1O.COC1=CC(C)C(C)C=C1O[C@@H]1O[C@H](C(=O)O)[C@@H](O)[C@H](O)[C@H]1O. The summed E-state index contributed by atoms with van der Waals surface area (Å²) < 4.78 is 31.9. The van der Waals surface area contributed by atoms with Gasteiger partial charge in [0, 0.05) is 35.5 Å². The van der Waals surface area contributed by atoms with Crippen LogP contribution in [0.4, 0.5) is 0 Å². The summed E-state index contributed by atoms with van der Waals surface area (Å²) in [5.41, 5.74) is 4.19. The Morgan fingerprint density at radius 2 is 1.26 bits per heavy atom. The molecule has 3 aromatic rings. The molecule has 8 N–H and O–H groups in total. The lowest BCUT2D eigenvalue weighted by molar-refractivity contribution is -0.284. The fourth-order valence-electron chi connectivity index (χ4n) is 9.89. The Morgan fingerprint density at radius 3 is 1.88 bits per heavy atom. The Labute approximate surface area is 424 Å². The van der Waals surface area contributed by atoms with Gasteiger partial charge >= 0.3 is 5.97 Å². The fourth-order valence-corrected chi connectivity index (χ4v) is 9.89. The molecule has 0 bridgehead atoms. The lowest BCUT2D eigenvalue weighted by Gasteiger charge is -2.42. The number of nitrogens with one attached hydrogen (secondary N) is 1. The van der Waals surface area contributed by atoms with Crippen molar-refractivity contribution in [2.45, 2.75) is 84.6 Å². The fraction of sp³-hybridized carbons (Fsp3) is 0.473. The summed E-state index contributed by atoms with van der Waals surface area (Å²) in [5.74, 6) is 2.58. The molecular weight excluding hydrogens is 945 g/mol. The molecule has 14 atom stereocenters. The molecule has 18 heteroatoms. The summed E-state index contributed by atoms with van der Waals surface area (Å²) in [6.45, 7) is 12.5. The third kappa shape index (κ3) is 11.4. The van der Waals surface area contributed by atoms with Crippen molar-refractivity contribution in [3.63, 3.8) is 0 Å². The Morgan fingerprint density at radius 1 is 0.699 bits per heavy atom. The molecule has 4 heterocycles. The Bertz CT molecular complexity index is 2710. The van der Waals surface area contributed by atoms with Crippen LogP contribution in [0, 0.1) is 47.3 Å². The molecule has 0 radical (unpaired) electrons. The average molecular weight is 1010 g/mol. The number of methoxy groups -OCH3 is 2. The van der Waals surface area contributed by atoms with E-state index in [0.29, 0.717) is 53.1 Å². The topological polar surface area (TPSA) is 267 Å². The van der Waals surface area contributed by atoms with E-state index in [4.69, 9.17) is 43.7 Å². The molecule has 10 rings (SSSR count). The number of aliphatic hydroxyl groups is 6.